The summed E-state index contributed by atoms with van der Waals surface area (Å²) in [5.74, 6) is 0.625. The topological polar surface area (TPSA) is 156 Å². The first-order valence-electron chi connectivity index (χ1n) is 19.3. The van der Waals surface area contributed by atoms with E-state index in [4.69, 9.17) is 26.8 Å². The van der Waals surface area contributed by atoms with Crippen LogP contribution in [0.3, 0.4) is 0 Å². The van der Waals surface area contributed by atoms with Crippen molar-refractivity contribution in [3.8, 4) is 11.4 Å². The summed E-state index contributed by atoms with van der Waals surface area (Å²) < 4.78 is 53.9. The summed E-state index contributed by atoms with van der Waals surface area (Å²) in [5, 5.41) is 4.17. The van der Waals surface area contributed by atoms with Gasteiger partial charge in [0.05, 0.1) is 35.3 Å². The molecule has 3 aromatic rings. The number of anilines is 1. The summed E-state index contributed by atoms with van der Waals surface area (Å²) in [4.78, 5) is 60.4. The number of hydrogen-bond donors (Lipinski definition) is 2. The fourth-order valence-electron chi connectivity index (χ4n) is 8.14. The lowest BCUT2D eigenvalue weighted by molar-refractivity contribution is -0.144. The number of carbonyl (C=O) groups is 3. The molecule has 3 N–H and O–H groups in total. The molecule has 3 aliphatic heterocycles. The molecule has 304 valence electrons. The third kappa shape index (κ3) is 10.0. The van der Waals surface area contributed by atoms with Gasteiger partial charge in [-0.05, 0) is 88.1 Å². The highest BCUT2D eigenvalue weighted by atomic mass is 35.5. The first-order chi connectivity index (χ1) is 26.8. The number of benzene rings is 2. The highest BCUT2D eigenvalue weighted by Crippen LogP contribution is 2.39. The third-order valence-electron chi connectivity index (χ3n) is 11.3. The summed E-state index contributed by atoms with van der Waals surface area (Å²) in [6.45, 7) is 5.86. The number of halogens is 4. The number of rotatable bonds is 11. The number of aromatic amines is 1. The Hall–Kier alpha value is -4.57. The monoisotopic (exact) mass is 803 g/mol. The Labute approximate surface area is 328 Å². The van der Waals surface area contributed by atoms with Gasteiger partial charge >= 0.3 is 23.9 Å². The quantitative estimate of drug-likeness (QED) is 0.181. The van der Waals surface area contributed by atoms with Gasteiger partial charge in [0.15, 0.2) is 11.9 Å². The van der Waals surface area contributed by atoms with Crippen LogP contribution < -0.4 is 11.4 Å². The molecule has 0 aliphatic carbocycles. The van der Waals surface area contributed by atoms with Gasteiger partial charge in [0.25, 0.3) is 5.91 Å². The van der Waals surface area contributed by atoms with E-state index in [0.717, 1.165) is 50.4 Å². The van der Waals surface area contributed by atoms with Gasteiger partial charge in [-0.3, -0.25) is 14.6 Å². The Kier molecular flexibility index (Phi) is 13.3. The number of likely N-dealkylation sites (tertiary alicyclic amines) is 3. The minimum atomic E-state index is -4.79. The van der Waals surface area contributed by atoms with Gasteiger partial charge in [-0.15, -0.1) is 5.10 Å². The SMILES string of the molecule is CCOC(=O)CCN1CCC(C2CCN(C(=O)[C@@H](Cc3cc(Cl)c(N)c(C(F)(F)F)c3)OC(=O)N3CCC(n4nc(-c5ccccc5)[nH]c4=O)CC3)CC2)CC1. The molecule has 0 spiro atoms. The number of nitrogens with two attached hydrogens (primary N) is 1. The van der Waals surface area contributed by atoms with Gasteiger partial charge < -0.3 is 29.9 Å². The van der Waals surface area contributed by atoms with Crippen LogP contribution in [0.1, 0.15) is 69.0 Å². The van der Waals surface area contributed by atoms with Crippen molar-refractivity contribution in [1.29, 1.82) is 0 Å². The lowest BCUT2D eigenvalue weighted by Gasteiger charge is -2.41. The van der Waals surface area contributed by atoms with E-state index in [9.17, 15) is 32.3 Å². The van der Waals surface area contributed by atoms with Gasteiger partial charge in [0.2, 0.25) is 0 Å². The zero-order valence-electron chi connectivity index (χ0n) is 31.4. The van der Waals surface area contributed by atoms with Crippen LogP contribution in [0.4, 0.5) is 23.7 Å². The molecule has 3 fully saturated rings. The molecule has 13 nitrogen and oxygen atoms in total. The van der Waals surface area contributed by atoms with Crippen LogP contribution in [-0.4, -0.2) is 106 Å². The first-order valence-corrected chi connectivity index (χ1v) is 19.7. The van der Waals surface area contributed by atoms with E-state index < -0.39 is 35.5 Å². The molecule has 0 bridgehead atoms. The Morgan fingerprint density at radius 2 is 1.57 bits per heavy atom. The second kappa shape index (κ2) is 18.1. The molecule has 3 saturated heterocycles. The highest BCUT2D eigenvalue weighted by molar-refractivity contribution is 6.33. The van der Waals surface area contributed by atoms with E-state index in [0.29, 0.717) is 63.2 Å². The second-order valence-corrected chi connectivity index (χ2v) is 15.2. The summed E-state index contributed by atoms with van der Waals surface area (Å²) >= 11 is 6.13. The minimum Gasteiger partial charge on any atom is -0.466 e. The van der Waals surface area contributed by atoms with Gasteiger partial charge in [0, 0.05) is 44.7 Å². The highest BCUT2D eigenvalue weighted by Gasteiger charge is 2.38. The van der Waals surface area contributed by atoms with Crippen LogP contribution >= 0.6 is 11.6 Å². The zero-order valence-corrected chi connectivity index (χ0v) is 32.2. The molecule has 3 aliphatic rings. The maximum atomic E-state index is 14.1. The molecule has 2 aromatic carbocycles. The number of H-pyrrole nitrogens is 1. The summed E-state index contributed by atoms with van der Waals surface area (Å²) in [6.07, 6.45) is -2.69. The van der Waals surface area contributed by atoms with Crippen molar-refractivity contribution in [3.63, 3.8) is 0 Å². The van der Waals surface area contributed by atoms with Crippen LogP contribution in [0.5, 0.6) is 0 Å². The Bertz CT molecular complexity index is 1880. The van der Waals surface area contributed by atoms with Crippen LogP contribution in [-0.2, 0) is 31.7 Å². The predicted molar refractivity (Wildman–Crippen MR) is 203 cm³/mol. The molecule has 17 heteroatoms. The van der Waals surface area contributed by atoms with E-state index in [2.05, 4.69) is 15.0 Å². The normalized spacial score (nSPS) is 18.5. The number of nitrogen functional groups attached to an aromatic ring is 1. The molecule has 0 unspecified atom stereocenters. The molecule has 56 heavy (non-hydrogen) atoms. The summed E-state index contributed by atoms with van der Waals surface area (Å²) in [6, 6.07) is 11.1. The predicted octanol–water partition coefficient (Wildman–Crippen LogP) is 5.78. The van der Waals surface area contributed by atoms with Crippen LogP contribution in [0.15, 0.2) is 47.3 Å². The van der Waals surface area contributed by atoms with Crippen LogP contribution in [0, 0.1) is 11.8 Å². The van der Waals surface area contributed by atoms with Gasteiger partial charge in [0.1, 0.15) is 0 Å². The summed E-state index contributed by atoms with van der Waals surface area (Å²) in [7, 11) is 0. The van der Waals surface area contributed by atoms with Crippen LogP contribution in [0.25, 0.3) is 11.4 Å². The molecule has 1 aromatic heterocycles. The Balaban J connectivity index is 1.09. The molecule has 0 saturated carbocycles. The van der Waals surface area contributed by atoms with Crippen molar-refractivity contribution >= 4 is 35.3 Å². The Morgan fingerprint density at radius 3 is 2.20 bits per heavy atom. The number of amides is 2. The van der Waals surface area contributed by atoms with E-state index in [1.165, 1.54) is 15.6 Å². The zero-order chi connectivity index (χ0) is 40.0. The fraction of sp³-hybridized carbons (Fsp3) is 0.564. The number of esters is 1. The number of nitrogens with one attached hydrogen (secondary N) is 1. The van der Waals surface area contributed by atoms with Crippen molar-refractivity contribution in [2.24, 2.45) is 11.8 Å². The molecule has 4 heterocycles. The Morgan fingerprint density at radius 1 is 0.946 bits per heavy atom. The number of nitrogens with zero attached hydrogens (tertiary/aromatic N) is 5. The number of alkyl halides is 3. The van der Waals surface area contributed by atoms with Gasteiger partial charge in [-0.2, -0.15) is 13.2 Å². The number of piperidine rings is 3. The van der Waals surface area contributed by atoms with Crippen molar-refractivity contribution < 1.29 is 37.0 Å². The average molecular weight is 804 g/mol. The summed E-state index contributed by atoms with van der Waals surface area (Å²) in [5.41, 5.74) is 4.37. The maximum absolute atomic E-state index is 14.1. The minimum absolute atomic E-state index is 0.0538. The number of aromatic nitrogens is 3. The largest absolute Gasteiger partial charge is 0.466 e. The van der Waals surface area contributed by atoms with Gasteiger partial charge in [-0.1, -0.05) is 41.9 Å². The number of hydrogen-bond acceptors (Lipinski definition) is 9. The first kappa shape index (κ1) is 41.1. The smallest absolute Gasteiger partial charge is 0.418 e. The molecule has 1 atom stereocenters. The van der Waals surface area contributed by atoms with Gasteiger partial charge in [-0.25, -0.2) is 14.3 Å². The van der Waals surface area contributed by atoms with Crippen LogP contribution in [0.2, 0.25) is 5.02 Å². The van der Waals surface area contributed by atoms with E-state index in [1.807, 2.05) is 30.3 Å². The molecular formula is C39H49ClF3N7O6. The van der Waals surface area contributed by atoms with Crippen molar-refractivity contribution in [1.82, 2.24) is 29.5 Å². The second-order valence-electron chi connectivity index (χ2n) is 14.8. The van der Waals surface area contributed by atoms with E-state index in [-0.39, 0.29) is 47.8 Å². The van der Waals surface area contributed by atoms with Crippen molar-refractivity contribution in [2.75, 3.05) is 58.2 Å². The lowest BCUT2D eigenvalue weighted by atomic mass is 9.78. The van der Waals surface area contributed by atoms with Crippen molar-refractivity contribution in [2.45, 2.75) is 76.6 Å². The maximum Gasteiger partial charge on any atom is 0.418 e. The lowest BCUT2D eigenvalue weighted by Crippen LogP contribution is -2.49. The molecule has 6 rings (SSSR count). The third-order valence-corrected chi connectivity index (χ3v) is 11.6. The molecule has 0 radical (unpaired) electrons. The number of ether oxygens (including phenoxy) is 2. The van der Waals surface area contributed by atoms with E-state index in [1.54, 1.807) is 11.8 Å². The number of carbonyl (C=O) groups excluding carboxylic acids is 3. The molecule has 2 amide bonds. The molecular weight excluding hydrogens is 755 g/mol. The fourth-order valence-corrected chi connectivity index (χ4v) is 8.39. The van der Waals surface area contributed by atoms with E-state index >= 15 is 0 Å². The van der Waals surface area contributed by atoms with Crippen molar-refractivity contribution in [3.05, 3.63) is 69.1 Å². The standard InChI is InChI=1S/C39H49ClF3N7O6/c1-2-55-33(51)14-17-47-15-8-26(9-16-47)27-10-18-48(19-11-27)36(52)32(24-25-22-30(39(41,42)43)34(44)31(40)23-25)56-38(54)49-20-12-29(13-21-49)50-37(53)45-35(46-50)28-6-4-3-5-7-28/h3-7,22-23,26-27,29,32H,2,8-21,24,44H2,1H3,(H,45,46,53)/t32-/m1/s1. The average Bonchev–Trinajstić information content (AvgIpc) is 3.59.